The van der Waals surface area contributed by atoms with E-state index in [2.05, 4.69) is 90.2 Å². The maximum absolute atomic E-state index is 12.2. The molecule has 1 radical (unpaired) electrons. The number of furan rings is 1. The first-order valence-corrected chi connectivity index (χ1v) is 18.6. The van der Waals surface area contributed by atoms with E-state index in [9.17, 15) is 9.90 Å². The Kier molecular flexibility index (Phi) is 14.3. The Morgan fingerprint density at radius 1 is 0.962 bits per heavy atom. The van der Waals surface area contributed by atoms with E-state index in [1.807, 2.05) is 70.8 Å². The van der Waals surface area contributed by atoms with Gasteiger partial charge in [0.15, 0.2) is 5.78 Å². The van der Waals surface area contributed by atoms with Crippen molar-refractivity contribution in [2.75, 3.05) is 0 Å². The summed E-state index contributed by atoms with van der Waals surface area (Å²) in [7, 11) is 4.27. The number of ketones is 1. The molecule has 1 N–H and O–H groups in total. The molecule has 6 heteroatoms. The van der Waals surface area contributed by atoms with Gasteiger partial charge in [0.1, 0.15) is 17.0 Å². The molecule has 5 rings (SSSR count). The van der Waals surface area contributed by atoms with Crippen LogP contribution >= 0.6 is 0 Å². The molecule has 0 atom stereocenters. The second kappa shape index (κ2) is 17.4. The largest absolute Gasteiger partial charge is 0.512 e. The number of carbonyl (C=O) groups excluding carboxylic acids is 1. The first kappa shape index (κ1) is 42.7. The van der Waals surface area contributed by atoms with Gasteiger partial charge in [0.25, 0.3) is 0 Å². The molecule has 0 saturated heterocycles. The molecule has 0 saturated carbocycles. The van der Waals surface area contributed by atoms with Crippen LogP contribution < -0.4 is 4.57 Å². The predicted octanol–water partition coefficient (Wildman–Crippen LogP) is 12.2. The summed E-state index contributed by atoms with van der Waals surface area (Å²) in [5.74, 6) is 0.818. The van der Waals surface area contributed by atoms with Gasteiger partial charge < -0.3 is 14.1 Å². The van der Waals surface area contributed by atoms with E-state index in [0.717, 1.165) is 71.0 Å². The third-order valence-electron chi connectivity index (χ3n) is 11.0. The Morgan fingerprint density at radius 2 is 1.60 bits per heavy atom. The summed E-state index contributed by atoms with van der Waals surface area (Å²) < 4.78 is 7.81. The van der Waals surface area contributed by atoms with Crippen LogP contribution in [0.25, 0.3) is 44.3 Å². The molecule has 0 fully saturated rings. The third-order valence-corrected chi connectivity index (χ3v) is 11.0. The van der Waals surface area contributed by atoms with Gasteiger partial charge in [0, 0.05) is 61.2 Å². The number of rotatable bonds is 11. The number of pyridine rings is 2. The van der Waals surface area contributed by atoms with Gasteiger partial charge in [0.2, 0.25) is 0 Å². The summed E-state index contributed by atoms with van der Waals surface area (Å²) in [4.78, 5) is 17.0. The van der Waals surface area contributed by atoms with Crippen LogP contribution in [0.5, 0.6) is 0 Å². The Morgan fingerprint density at radius 3 is 2.19 bits per heavy atom. The Labute approximate surface area is 326 Å². The van der Waals surface area contributed by atoms with Gasteiger partial charge in [-0.2, -0.15) is 0 Å². The van der Waals surface area contributed by atoms with E-state index in [4.69, 9.17) is 9.40 Å². The number of allylic oxidation sites excluding steroid dienone is 2. The molecular formula is C46H59IrN2O3-. The number of fused-ring (bicyclic) bond motifs is 2. The number of aliphatic hydroxyl groups excluding tert-OH is 1. The van der Waals surface area contributed by atoms with Crippen molar-refractivity contribution in [3.05, 3.63) is 103 Å². The van der Waals surface area contributed by atoms with Crippen molar-refractivity contribution >= 4 is 27.5 Å². The number of aromatic nitrogens is 2. The quantitative estimate of drug-likeness (QED) is 0.0621. The van der Waals surface area contributed by atoms with E-state index in [-0.39, 0.29) is 47.9 Å². The molecule has 0 unspecified atom stereocenters. The molecule has 3 heterocycles. The summed E-state index contributed by atoms with van der Waals surface area (Å²) >= 11 is 0. The molecule has 2 aromatic carbocycles. The van der Waals surface area contributed by atoms with Gasteiger partial charge in [-0.1, -0.05) is 105 Å². The summed E-state index contributed by atoms with van der Waals surface area (Å²) in [6.07, 6.45) is 11.4. The molecule has 0 spiro atoms. The minimum Gasteiger partial charge on any atom is -0.512 e. The normalized spacial score (nSPS) is 12.5. The SMILES string of the molecule is CCC(C)(CC)C(=O)/C=C(\O)C(C)(CC)CC.[CH2-][n+]1ccc(-c2nccc3occ(CC(C)C)c23)cc1-c1[c-]c2ccccc2c(C(C)(C)C)c1.[Ir]. The Bertz CT molecular complexity index is 2010. The fourth-order valence-corrected chi connectivity index (χ4v) is 6.44. The second-order valence-corrected chi connectivity index (χ2v) is 16.0. The molecule has 0 bridgehead atoms. The number of carbonyl (C=O) groups is 1. The first-order chi connectivity index (χ1) is 24.0. The maximum atomic E-state index is 12.2. The molecule has 281 valence electrons. The second-order valence-electron chi connectivity index (χ2n) is 16.0. The standard InChI is InChI=1S/C31H31N2O.C15H28O2.Ir/c1-20(2)15-24-19-34-28-11-13-32-30(29(24)28)22-12-14-33(6)27(18-22)23-16-21-9-7-8-10-25(21)26(17-23)31(3,4)5;1-7-14(5,8-2)12(16)11-13(17)15(6,9-3)10-4;/h7-14,17-20H,6,15H2,1-5H3;11,16H,7-10H2,1-6H3;/q-1;;/b;12-11-;. The number of hydrogen-bond donors (Lipinski definition) is 1. The van der Waals surface area contributed by atoms with Gasteiger partial charge in [0.05, 0.1) is 18.2 Å². The van der Waals surface area contributed by atoms with Crippen LogP contribution in [0.2, 0.25) is 0 Å². The van der Waals surface area contributed by atoms with Crippen molar-refractivity contribution in [3.63, 3.8) is 0 Å². The Balaban J connectivity index is 0.000000347. The van der Waals surface area contributed by atoms with E-state index in [1.54, 1.807) is 0 Å². The van der Waals surface area contributed by atoms with Crippen molar-refractivity contribution < 1.29 is 39.0 Å². The van der Waals surface area contributed by atoms with Crippen molar-refractivity contribution in [1.29, 1.82) is 0 Å². The average molecular weight is 880 g/mol. The molecule has 52 heavy (non-hydrogen) atoms. The Hall–Kier alpha value is -3.73. The molecule has 0 aliphatic carbocycles. The maximum Gasteiger partial charge on any atom is 0.164 e. The van der Waals surface area contributed by atoms with Gasteiger partial charge in [-0.3, -0.25) is 9.78 Å². The van der Waals surface area contributed by atoms with Gasteiger partial charge in [-0.15, -0.1) is 29.1 Å². The van der Waals surface area contributed by atoms with Crippen LogP contribution in [0.15, 0.2) is 83.4 Å². The van der Waals surface area contributed by atoms with Gasteiger partial charge >= 0.3 is 0 Å². The fraction of sp³-hybridized carbons (Fsp3) is 0.435. The smallest absolute Gasteiger partial charge is 0.164 e. The number of benzene rings is 2. The van der Waals surface area contributed by atoms with Crippen molar-refractivity contribution in [1.82, 2.24) is 4.98 Å². The van der Waals surface area contributed by atoms with Crippen molar-refractivity contribution in [3.8, 4) is 22.5 Å². The molecule has 3 aromatic heterocycles. The summed E-state index contributed by atoms with van der Waals surface area (Å²) in [5.41, 5.74) is 6.80. The molecule has 5 nitrogen and oxygen atoms in total. The van der Waals surface area contributed by atoms with E-state index < -0.39 is 0 Å². The van der Waals surface area contributed by atoms with E-state index >= 15 is 0 Å². The van der Waals surface area contributed by atoms with Crippen molar-refractivity contribution in [2.45, 2.75) is 114 Å². The summed E-state index contributed by atoms with van der Waals surface area (Å²) in [6.45, 7) is 23.3. The first-order valence-electron chi connectivity index (χ1n) is 18.6. The third kappa shape index (κ3) is 9.25. The summed E-state index contributed by atoms with van der Waals surface area (Å²) in [6, 6.07) is 20.6. The van der Waals surface area contributed by atoms with Crippen molar-refractivity contribution in [2.24, 2.45) is 16.7 Å². The molecule has 0 aliphatic heterocycles. The summed E-state index contributed by atoms with van der Waals surface area (Å²) in [5, 5.41) is 13.6. The molecule has 0 aliphatic rings. The van der Waals surface area contributed by atoms with E-state index in [1.165, 1.54) is 22.6 Å². The zero-order valence-corrected chi connectivity index (χ0v) is 35.6. The van der Waals surface area contributed by atoms with Crippen LogP contribution in [0, 0.1) is 29.9 Å². The number of hydrogen-bond acceptors (Lipinski definition) is 4. The fourth-order valence-electron chi connectivity index (χ4n) is 6.44. The minimum absolute atomic E-state index is 0. The van der Waals surface area contributed by atoms with Crippen LogP contribution in [0.1, 0.15) is 113 Å². The van der Waals surface area contributed by atoms with Gasteiger partial charge in [-0.25, -0.2) is 0 Å². The predicted molar refractivity (Wildman–Crippen MR) is 213 cm³/mol. The molecule has 0 amide bonds. The number of nitrogens with zero attached hydrogens (tertiary/aromatic N) is 2. The zero-order valence-electron chi connectivity index (χ0n) is 33.2. The molecular weight excluding hydrogens is 821 g/mol. The van der Waals surface area contributed by atoms with E-state index in [0.29, 0.717) is 5.92 Å². The average Bonchev–Trinajstić information content (AvgIpc) is 3.52. The monoisotopic (exact) mass is 880 g/mol. The van der Waals surface area contributed by atoms with Crippen LogP contribution in [-0.4, -0.2) is 15.9 Å². The van der Waals surface area contributed by atoms with Crippen LogP contribution in [0.3, 0.4) is 0 Å². The van der Waals surface area contributed by atoms with Crippen LogP contribution in [-0.2, 0) is 36.7 Å². The topological polar surface area (TPSA) is 67.2 Å². The number of aliphatic hydroxyl groups is 1. The minimum atomic E-state index is -0.337. The van der Waals surface area contributed by atoms with Gasteiger partial charge in [-0.05, 0) is 67.2 Å². The zero-order chi connectivity index (χ0) is 37.7. The molecule has 5 aromatic rings. The van der Waals surface area contributed by atoms with Crippen LogP contribution in [0.4, 0.5) is 0 Å².